The lowest BCUT2D eigenvalue weighted by Gasteiger charge is -2.33. The Morgan fingerprint density at radius 3 is 2.44 bits per heavy atom. The monoisotopic (exact) mass is 280 g/mol. The fourth-order valence-electron chi connectivity index (χ4n) is 1.54. The number of rotatable bonds is 1. The second-order valence-corrected chi connectivity index (χ2v) is 4.96. The lowest BCUT2D eigenvalue weighted by molar-refractivity contribution is -0.144. The van der Waals surface area contributed by atoms with Crippen LogP contribution >= 0.6 is 12.4 Å². The fraction of sp³-hybridized carbons (Fsp3) is 0.818. The van der Waals surface area contributed by atoms with Crippen LogP contribution in [0.1, 0.15) is 20.8 Å². The number of nitrogens with one attached hydrogen (secondary N) is 1. The first-order valence-corrected chi connectivity index (χ1v) is 5.62. The molecule has 18 heavy (non-hydrogen) atoms. The zero-order valence-corrected chi connectivity index (χ0v) is 12.0. The minimum absolute atomic E-state index is 0. The molecule has 7 heteroatoms. The quantitative estimate of drug-likeness (QED) is 0.719. The summed E-state index contributed by atoms with van der Waals surface area (Å²) in [5.41, 5.74) is -0.525. The number of amides is 1. The number of carbonyl (C=O) groups is 2. The summed E-state index contributed by atoms with van der Waals surface area (Å²) >= 11 is 0. The van der Waals surface area contributed by atoms with Crippen molar-refractivity contribution < 1.29 is 19.1 Å². The third kappa shape index (κ3) is 5.10. The highest BCUT2D eigenvalue weighted by Crippen LogP contribution is 2.11. The van der Waals surface area contributed by atoms with Crippen LogP contribution in [-0.2, 0) is 14.3 Å². The van der Waals surface area contributed by atoms with Gasteiger partial charge in [-0.05, 0) is 20.8 Å². The Morgan fingerprint density at radius 2 is 1.94 bits per heavy atom. The lowest BCUT2D eigenvalue weighted by atomic mass is 10.2. The standard InChI is InChI=1S/C11H20N2O4.ClH/c1-11(2,3)17-10(15)13-6-5-12-8(7-13)9(14)16-4;/h8,12H,5-7H2,1-4H3;1H. The van der Waals surface area contributed by atoms with Gasteiger partial charge in [-0.15, -0.1) is 12.4 Å². The van der Waals surface area contributed by atoms with E-state index in [1.54, 1.807) is 0 Å². The molecule has 0 aromatic rings. The van der Waals surface area contributed by atoms with Gasteiger partial charge in [0.2, 0.25) is 0 Å². The summed E-state index contributed by atoms with van der Waals surface area (Å²) in [6, 6.07) is -0.471. The van der Waals surface area contributed by atoms with Crippen LogP contribution in [0.15, 0.2) is 0 Å². The molecule has 6 nitrogen and oxygen atoms in total. The molecule has 106 valence electrons. The van der Waals surface area contributed by atoms with Crippen molar-refractivity contribution >= 4 is 24.5 Å². The molecule has 0 aromatic heterocycles. The van der Waals surface area contributed by atoms with E-state index in [1.807, 2.05) is 20.8 Å². The molecule has 1 unspecified atom stereocenters. The minimum Gasteiger partial charge on any atom is -0.468 e. The Morgan fingerprint density at radius 1 is 1.33 bits per heavy atom. The number of ether oxygens (including phenoxy) is 2. The van der Waals surface area contributed by atoms with Gasteiger partial charge >= 0.3 is 12.1 Å². The molecule has 1 fully saturated rings. The third-order valence-electron chi connectivity index (χ3n) is 2.31. The smallest absolute Gasteiger partial charge is 0.410 e. The molecule has 1 aliphatic rings. The van der Waals surface area contributed by atoms with Gasteiger partial charge < -0.3 is 19.7 Å². The van der Waals surface area contributed by atoms with Gasteiger partial charge in [-0.2, -0.15) is 0 Å². The van der Waals surface area contributed by atoms with Crippen molar-refractivity contribution in [2.45, 2.75) is 32.4 Å². The molecule has 1 aliphatic heterocycles. The Kier molecular flexibility index (Phi) is 6.42. The van der Waals surface area contributed by atoms with Gasteiger partial charge in [0, 0.05) is 13.1 Å². The summed E-state index contributed by atoms with van der Waals surface area (Å²) in [6.07, 6.45) is -0.395. The highest BCUT2D eigenvalue weighted by Gasteiger charge is 2.31. The second kappa shape index (κ2) is 6.80. The zero-order chi connectivity index (χ0) is 13.1. The molecule has 0 aromatic carbocycles. The lowest BCUT2D eigenvalue weighted by Crippen LogP contribution is -2.56. The maximum atomic E-state index is 11.8. The summed E-state index contributed by atoms with van der Waals surface area (Å²) < 4.78 is 9.88. The third-order valence-corrected chi connectivity index (χ3v) is 2.31. The van der Waals surface area contributed by atoms with E-state index >= 15 is 0 Å². The van der Waals surface area contributed by atoms with Crippen LogP contribution in [0.25, 0.3) is 0 Å². The molecule has 1 heterocycles. The van der Waals surface area contributed by atoms with Crippen LogP contribution in [0, 0.1) is 0 Å². The number of hydrogen-bond acceptors (Lipinski definition) is 5. The predicted octanol–water partition coefficient (Wildman–Crippen LogP) is 0.790. The van der Waals surface area contributed by atoms with Gasteiger partial charge in [0.1, 0.15) is 11.6 Å². The molecular weight excluding hydrogens is 260 g/mol. The largest absolute Gasteiger partial charge is 0.468 e. The van der Waals surface area contributed by atoms with Crippen LogP contribution < -0.4 is 5.32 Å². The Bertz CT molecular complexity index is 304. The SMILES string of the molecule is COC(=O)C1CN(C(=O)OC(C)(C)C)CCN1.Cl. The van der Waals surface area contributed by atoms with Gasteiger partial charge in [-0.25, -0.2) is 4.79 Å². The van der Waals surface area contributed by atoms with Gasteiger partial charge in [-0.1, -0.05) is 0 Å². The Hall–Kier alpha value is -1.01. The minimum atomic E-state index is -0.525. The van der Waals surface area contributed by atoms with Crippen molar-refractivity contribution in [3.05, 3.63) is 0 Å². The van der Waals surface area contributed by atoms with Crippen LogP contribution in [0.3, 0.4) is 0 Å². The van der Waals surface area contributed by atoms with Crippen molar-refractivity contribution in [3.8, 4) is 0 Å². The number of nitrogens with zero attached hydrogens (tertiary/aromatic N) is 1. The van der Waals surface area contributed by atoms with Crippen LogP contribution in [-0.4, -0.2) is 55.3 Å². The van der Waals surface area contributed by atoms with Crippen LogP contribution in [0.5, 0.6) is 0 Å². The first-order chi connectivity index (χ1) is 7.83. The number of halogens is 1. The molecule has 0 bridgehead atoms. The van der Waals surface area contributed by atoms with Gasteiger partial charge in [0.15, 0.2) is 0 Å². The van der Waals surface area contributed by atoms with Gasteiger partial charge in [0.25, 0.3) is 0 Å². The van der Waals surface area contributed by atoms with E-state index in [0.717, 1.165) is 0 Å². The molecule has 1 atom stereocenters. The molecular formula is C11H21ClN2O4. The first-order valence-electron chi connectivity index (χ1n) is 5.62. The number of hydrogen-bond donors (Lipinski definition) is 1. The molecule has 0 spiro atoms. The summed E-state index contributed by atoms with van der Waals surface area (Å²) in [4.78, 5) is 24.7. The normalized spacial score (nSPS) is 19.8. The number of esters is 1. The average Bonchev–Trinajstić information content (AvgIpc) is 2.26. The van der Waals surface area contributed by atoms with Crippen molar-refractivity contribution in [2.24, 2.45) is 0 Å². The van der Waals surface area contributed by atoms with Crippen molar-refractivity contribution in [3.63, 3.8) is 0 Å². The summed E-state index contributed by atoms with van der Waals surface area (Å²) in [7, 11) is 1.33. The van der Waals surface area contributed by atoms with E-state index in [2.05, 4.69) is 10.1 Å². The zero-order valence-electron chi connectivity index (χ0n) is 11.2. The molecule has 1 N–H and O–H groups in total. The van der Waals surface area contributed by atoms with E-state index in [0.29, 0.717) is 13.1 Å². The first kappa shape index (κ1) is 17.0. The van der Waals surface area contributed by atoms with E-state index in [4.69, 9.17) is 4.74 Å². The summed E-state index contributed by atoms with van der Waals surface area (Å²) in [6.45, 7) is 6.80. The van der Waals surface area contributed by atoms with Crippen molar-refractivity contribution in [1.29, 1.82) is 0 Å². The number of methoxy groups -OCH3 is 1. The number of carbonyl (C=O) groups excluding carboxylic acids is 2. The summed E-state index contributed by atoms with van der Waals surface area (Å²) in [5, 5.41) is 2.99. The molecule has 1 amide bonds. The molecule has 0 radical (unpaired) electrons. The molecule has 1 rings (SSSR count). The fourth-order valence-corrected chi connectivity index (χ4v) is 1.54. The van der Waals surface area contributed by atoms with E-state index in [-0.39, 0.29) is 24.9 Å². The van der Waals surface area contributed by atoms with Crippen LogP contribution in [0.2, 0.25) is 0 Å². The Labute approximate surface area is 113 Å². The second-order valence-electron chi connectivity index (χ2n) is 4.96. The molecule has 1 saturated heterocycles. The van der Waals surface area contributed by atoms with Crippen LogP contribution in [0.4, 0.5) is 4.79 Å². The molecule has 0 saturated carbocycles. The van der Waals surface area contributed by atoms with Crippen molar-refractivity contribution in [2.75, 3.05) is 26.7 Å². The van der Waals surface area contributed by atoms with E-state index in [9.17, 15) is 9.59 Å². The maximum absolute atomic E-state index is 11.8. The topological polar surface area (TPSA) is 67.9 Å². The average molecular weight is 281 g/mol. The summed E-state index contributed by atoms with van der Waals surface area (Å²) in [5.74, 6) is -0.363. The highest BCUT2D eigenvalue weighted by atomic mass is 35.5. The van der Waals surface area contributed by atoms with Crippen molar-refractivity contribution in [1.82, 2.24) is 10.2 Å². The Balaban J connectivity index is 0.00000289. The van der Waals surface area contributed by atoms with Gasteiger partial charge in [-0.3, -0.25) is 4.79 Å². The van der Waals surface area contributed by atoms with E-state index < -0.39 is 17.7 Å². The maximum Gasteiger partial charge on any atom is 0.410 e. The highest BCUT2D eigenvalue weighted by molar-refractivity contribution is 5.85. The van der Waals surface area contributed by atoms with Gasteiger partial charge in [0.05, 0.1) is 13.7 Å². The van der Waals surface area contributed by atoms with E-state index in [1.165, 1.54) is 12.0 Å². The predicted molar refractivity (Wildman–Crippen MR) is 68.9 cm³/mol. The number of piperazine rings is 1. The molecule has 0 aliphatic carbocycles.